The highest BCUT2D eigenvalue weighted by atomic mass is 16.3. The maximum Gasteiger partial charge on any atom is 0.0776 e. The van der Waals surface area contributed by atoms with Crippen LogP contribution in [-0.2, 0) is 0 Å². The molecule has 0 aromatic rings. The second kappa shape index (κ2) is 4.53. The zero-order valence-electron chi connectivity index (χ0n) is 5.75. The first-order valence-electron chi connectivity index (χ1n) is 3.12. The molecule has 2 N–H and O–H groups in total. The zero-order valence-corrected chi connectivity index (χ0v) is 5.75. The van der Waals surface area contributed by atoms with Crippen molar-refractivity contribution in [3.63, 3.8) is 0 Å². The highest BCUT2D eigenvalue weighted by Gasteiger charge is 2.04. The summed E-state index contributed by atoms with van der Waals surface area (Å²) in [5, 5.41) is 17.3. The molecule has 54 valence electrons. The lowest BCUT2D eigenvalue weighted by molar-refractivity contribution is 0.0810. The van der Waals surface area contributed by atoms with E-state index in [1.54, 1.807) is 6.08 Å². The van der Waals surface area contributed by atoms with Crippen LogP contribution in [-0.4, -0.2) is 22.9 Å². The van der Waals surface area contributed by atoms with Gasteiger partial charge in [-0.25, -0.2) is 0 Å². The van der Waals surface area contributed by atoms with Crippen molar-refractivity contribution in [2.24, 2.45) is 5.92 Å². The Morgan fingerprint density at radius 1 is 1.67 bits per heavy atom. The van der Waals surface area contributed by atoms with Gasteiger partial charge >= 0.3 is 0 Å². The summed E-state index contributed by atoms with van der Waals surface area (Å²) in [5.74, 6) is 0.284. The molecule has 0 amide bonds. The van der Waals surface area contributed by atoms with Crippen LogP contribution in [0.4, 0.5) is 0 Å². The second-order valence-electron chi connectivity index (χ2n) is 2.29. The molecule has 0 saturated heterocycles. The maximum atomic E-state index is 8.86. The Bertz CT molecular complexity index is 81.0. The van der Waals surface area contributed by atoms with E-state index in [2.05, 4.69) is 6.58 Å². The third-order valence-corrected chi connectivity index (χ3v) is 1.26. The van der Waals surface area contributed by atoms with Crippen molar-refractivity contribution < 1.29 is 10.2 Å². The van der Waals surface area contributed by atoms with Crippen molar-refractivity contribution in [3.05, 3.63) is 12.7 Å². The van der Waals surface area contributed by atoms with Crippen molar-refractivity contribution >= 4 is 0 Å². The van der Waals surface area contributed by atoms with Crippen LogP contribution in [0.1, 0.15) is 13.3 Å². The third-order valence-electron chi connectivity index (χ3n) is 1.26. The van der Waals surface area contributed by atoms with Gasteiger partial charge in [-0.3, -0.25) is 0 Å². The van der Waals surface area contributed by atoms with Crippen LogP contribution >= 0.6 is 0 Å². The molecule has 0 fully saturated rings. The van der Waals surface area contributed by atoms with E-state index in [9.17, 15) is 0 Å². The molecule has 0 aliphatic carbocycles. The molecular weight excluding hydrogens is 116 g/mol. The van der Waals surface area contributed by atoms with E-state index >= 15 is 0 Å². The minimum absolute atomic E-state index is 0.155. The number of rotatable bonds is 4. The molecule has 2 nitrogen and oxygen atoms in total. The number of aliphatic hydroxyl groups is 2. The van der Waals surface area contributed by atoms with Crippen LogP contribution in [0.15, 0.2) is 12.7 Å². The number of hydrogen-bond donors (Lipinski definition) is 2. The van der Waals surface area contributed by atoms with Crippen LogP contribution < -0.4 is 0 Å². The summed E-state index contributed by atoms with van der Waals surface area (Å²) in [6.07, 6.45) is 1.77. The molecule has 0 spiro atoms. The first-order valence-corrected chi connectivity index (χ1v) is 3.12. The van der Waals surface area contributed by atoms with Crippen molar-refractivity contribution in [2.75, 3.05) is 6.61 Å². The van der Waals surface area contributed by atoms with Crippen LogP contribution in [0.3, 0.4) is 0 Å². The van der Waals surface area contributed by atoms with Gasteiger partial charge in [0.1, 0.15) is 0 Å². The van der Waals surface area contributed by atoms with Gasteiger partial charge < -0.3 is 10.2 Å². The van der Waals surface area contributed by atoms with Crippen molar-refractivity contribution in [1.29, 1.82) is 0 Å². The van der Waals surface area contributed by atoms with Crippen LogP contribution in [0.2, 0.25) is 0 Å². The van der Waals surface area contributed by atoms with Gasteiger partial charge in [-0.2, -0.15) is 0 Å². The summed E-state index contributed by atoms with van der Waals surface area (Å²) >= 11 is 0. The standard InChI is InChI=1S/C7H14O2/c1-3-6(2)4-7(9)5-8/h3,6-9H,1,4-5H2,2H3. The van der Waals surface area contributed by atoms with E-state index < -0.39 is 6.10 Å². The molecule has 0 aliphatic heterocycles. The lowest BCUT2D eigenvalue weighted by Crippen LogP contribution is -2.14. The summed E-state index contributed by atoms with van der Waals surface area (Å²) < 4.78 is 0. The predicted molar refractivity (Wildman–Crippen MR) is 37.1 cm³/mol. The van der Waals surface area contributed by atoms with Crippen molar-refractivity contribution in [3.8, 4) is 0 Å². The average Bonchev–Trinajstić information content (AvgIpc) is 1.87. The van der Waals surface area contributed by atoms with E-state index in [1.807, 2.05) is 6.92 Å². The Labute approximate surface area is 55.8 Å². The highest BCUT2D eigenvalue weighted by Crippen LogP contribution is 2.05. The van der Waals surface area contributed by atoms with E-state index in [-0.39, 0.29) is 12.5 Å². The lowest BCUT2D eigenvalue weighted by Gasteiger charge is -2.09. The van der Waals surface area contributed by atoms with Gasteiger partial charge in [-0.1, -0.05) is 13.0 Å². The Balaban J connectivity index is 3.33. The van der Waals surface area contributed by atoms with Gasteiger partial charge in [-0.05, 0) is 12.3 Å². The minimum Gasteiger partial charge on any atom is -0.394 e. The topological polar surface area (TPSA) is 40.5 Å². The molecule has 0 radical (unpaired) electrons. The number of hydrogen-bond acceptors (Lipinski definition) is 2. The Kier molecular flexibility index (Phi) is 4.36. The fourth-order valence-corrected chi connectivity index (χ4v) is 0.600. The molecule has 0 aromatic heterocycles. The summed E-state index contributed by atoms with van der Waals surface area (Å²) in [4.78, 5) is 0. The van der Waals surface area contributed by atoms with Crippen LogP contribution in [0.5, 0.6) is 0 Å². The second-order valence-corrected chi connectivity index (χ2v) is 2.29. The van der Waals surface area contributed by atoms with Gasteiger partial charge in [0, 0.05) is 0 Å². The Morgan fingerprint density at radius 3 is 2.56 bits per heavy atom. The quantitative estimate of drug-likeness (QED) is 0.546. The fourth-order valence-electron chi connectivity index (χ4n) is 0.600. The molecule has 9 heavy (non-hydrogen) atoms. The summed E-state index contributed by atoms with van der Waals surface area (Å²) in [7, 11) is 0. The SMILES string of the molecule is C=CC(C)CC(O)CO. The number of allylic oxidation sites excluding steroid dienone is 1. The smallest absolute Gasteiger partial charge is 0.0776 e. The van der Waals surface area contributed by atoms with Gasteiger partial charge in [0.05, 0.1) is 12.7 Å². The van der Waals surface area contributed by atoms with E-state index in [1.165, 1.54) is 0 Å². The van der Waals surface area contributed by atoms with Gasteiger partial charge in [0.2, 0.25) is 0 Å². The van der Waals surface area contributed by atoms with Crippen molar-refractivity contribution in [1.82, 2.24) is 0 Å². The largest absolute Gasteiger partial charge is 0.394 e. The molecule has 2 atom stereocenters. The number of aliphatic hydroxyl groups excluding tert-OH is 2. The lowest BCUT2D eigenvalue weighted by atomic mass is 10.0. The Hall–Kier alpha value is -0.340. The molecule has 2 unspecified atom stereocenters. The summed E-state index contributed by atoms with van der Waals surface area (Å²) in [5.41, 5.74) is 0. The summed E-state index contributed by atoms with van der Waals surface area (Å²) in [6, 6.07) is 0. The molecule has 0 saturated carbocycles. The van der Waals surface area contributed by atoms with Crippen molar-refractivity contribution in [2.45, 2.75) is 19.4 Å². The minimum atomic E-state index is -0.585. The first-order chi connectivity index (χ1) is 4.20. The van der Waals surface area contributed by atoms with E-state index in [0.29, 0.717) is 6.42 Å². The molecular formula is C7H14O2. The maximum absolute atomic E-state index is 8.86. The van der Waals surface area contributed by atoms with Crippen LogP contribution in [0, 0.1) is 5.92 Å². The molecule has 0 bridgehead atoms. The molecule has 0 heterocycles. The van der Waals surface area contributed by atoms with E-state index in [0.717, 1.165) is 0 Å². The van der Waals surface area contributed by atoms with E-state index in [4.69, 9.17) is 10.2 Å². The predicted octanol–water partition coefficient (Wildman–Crippen LogP) is 0.552. The average molecular weight is 130 g/mol. The van der Waals surface area contributed by atoms with Gasteiger partial charge in [-0.15, -0.1) is 6.58 Å². The highest BCUT2D eigenvalue weighted by molar-refractivity contribution is 4.76. The molecule has 2 heteroatoms. The van der Waals surface area contributed by atoms with Gasteiger partial charge in [0.25, 0.3) is 0 Å². The Morgan fingerprint density at radius 2 is 2.22 bits per heavy atom. The summed E-state index contributed by atoms with van der Waals surface area (Å²) in [6.45, 7) is 5.35. The molecule has 0 aromatic carbocycles. The van der Waals surface area contributed by atoms with Gasteiger partial charge in [0.15, 0.2) is 0 Å². The molecule has 0 aliphatic rings. The fraction of sp³-hybridized carbons (Fsp3) is 0.714. The van der Waals surface area contributed by atoms with Crippen LogP contribution in [0.25, 0.3) is 0 Å². The monoisotopic (exact) mass is 130 g/mol. The normalized spacial score (nSPS) is 16.8. The molecule has 0 rings (SSSR count). The first kappa shape index (κ1) is 8.66. The zero-order chi connectivity index (χ0) is 7.28. The third kappa shape index (κ3) is 4.18.